The molecule has 0 heterocycles. The van der Waals surface area contributed by atoms with Gasteiger partial charge in [0.05, 0.1) is 18.2 Å². The van der Waals surface area contributed by atoms with Gasteiger partial charge in [-0.1, -0.05) is 12.2 Å². The lowest BCUT2D eigenvalue weighted by Gasteiger charge is -2.21. The van der Waals surface area contributed by atoms with Crippen LogP contribution in [0.3, 0.4) is 0 Å². The van der Waals surface area contributed by atoms with Crippen LogP contribution in [0.15, 0.2) is 0 Å². The molecule has 0 aromatic heterocycles. The number of amides is 1. The van der Waals surface area contributed by atoms with Crippen LogP contribution in [-0.4, -0.2) is 42.1 Å². The van der Waals surface area contributed by atoms with E-state index in [1.165, 1.54) is 6.92 Å². The molecule has 0 aliphatic carbocycles. The molecule has 0 aromatic carbocycles. The molecule has 1 amide bonds. The first-order valence-electron chi connectivity index (χ1n) is 6.23. The SMILES string of the molecule is CCOC(=O)C(CC(C(=O)OCC)C(N)=S)NC(C)=O. The Labute approximate surface area is 123 Å². The van der Waals surface area contributed by atoms with Gasteiger partial charge < -0.3 is 20.5 Å². The number of nitrogens with two attached hydrogens (primary N) is 1. The number of carbonyl (C=O) groups excluding carboxylic acids is 3. The zero-order chi connectivity index (χ0) is 15.7. The number of nitrogens with one attached hydrogen (secondary N) is 1. The van der Waals surface area contributed by atoms with Gasteiger partial charge in [0.25, 0.3) is 0 Å². The Morgan fingerprint density at radius 2 is 1.65 bits per heavy atom. The van der Waals surface area contributed by atoms with Gasteiger partial charge in [0.15, 0.2) is 0 Å². The monoisotopic (exact) mass is 304 g/mol. The summed E-state index contributed by atoms with van der Waals surface area (Å²) in [7, 11) is 0. The minimum atomic E-state index is -0.997. The summed E-state index contributed by atoms with van der Waals surface area (Å²) >= 11 is 4.80. The van der Waals surface area contributed by atoms with Gasteiger partial charge in [-0.25, -0.2) is 4.79 Å². The predicted octanol–water partition coefficient (Wildman–Crippen LogP) is -0.0903. The fraction of sp³-hybridized carbons (Fsp3) is 0.667. The number of carbonyl (C=O) groups is 3. The van der Waals surface area contributed by atoms with E-state index in [0.29, 0.717) is 0 Å². The predicted molar refractivity (Wildman–Crippen MR) is 75.8 cm³/mol. The van der Waals surface area contributed by atoms with Gasteiger partial charge in [-0.3, -0.25) is 9.59 Å². The van der Waals surface area contributed by atoms with E-state index in [9.17, 15) is 14.4 Å². The van der Waals surface area contributed by atoms with Crippen molar-refractivity contribution in [1.82, 2.24) is 5.32 Å². The van der Waals surface area contributed by atoms with Crippen LogP contribution < -0.4 is 11.1 Å². The quantitative estimate of drug-likeness (QED) is 0.476. The molecule has 0 aliphatic rings. The molecular formula is C12H20N2O5S. The Morgan fingerprint density at radius 3 is 2.05 bits per heavy atom. The lowest BCUT2D eigenvalue weighted by atomic mass is 9.99. The van der Waals surface area contributed by atoms with Gasteiger partial charge >= 0.3 is 11.9 Å². The first kappa shape index (κ1) is 18.3. The number of thiocarbonyl (C=S) groups is 1. The molecule has 0 bridgehead atoms. The highest BCUT2D eigenvalue weighted by Gasteiger charge is 2.31. The van der Waals surface area contributed by atoms with Crippen LogP contribution in [0.5, 0.6) is 0 Å². The molecule has 0 fully saturated rings. The van der Waals surface area contributed by atoms with Gasteiger partial charge in [0.1, 0.15) is 12.0 Å². The van der Waals surface area contributed by atoms with Crippen molar-refractivity contribution < 1.29 is 23.9 Å². The van der Waals surface area contributed by atoms with Crippen LogP contribution in [0.4, 0.5) is 0 Å². The summed E-state index contributed by atoms with van der Waals surface area (Å²) < 4.78 is 9.68. The number of hydrogen-bond acceptors (Lipinski definition) is 6. The number of ether oxygens (including phenoxy) is 2. The number of rotatable bonds is 8. The van der Waals surface area contributed by atoms with Crippen LogP contribution >= 0.6 is 12.2 Å². The van der Waals surface area contributed by atoms with E-state index in [1.54, 1.807) is 13.8 Å². The topological polar surface area (TPSA) is 108 Å². The van der Waals surface area contributed by atoms with Crippen molar-refractivity contribution in [2.45, 2.75) is 33.2 Å². The smallest absolute Gasteiger partial charge is 0.328 e. The molecule has 0 spiro atoms. The van der Waals surface area contributed by atoms with Gasteiger partial charge in [0, 0.05) is 6.92 Å². The van der Waals surface area contributed by atoms with Crippen LogP contribution in [0, 0.1) is 5.92 Å². The second-order valence-electron chi connectivity index (χ2n) is 3.95. The lowest BCUT2D eigenvalue weighted by Crippen LogP contribution is -2.45. The average molecular weight is 304 g/mol. The zero-order valence-corrected chi connectivity index (χ0v) is 12.6. The zero-order valence-electron chi connectivity index (χ0n) is 11.8. The van der Waals surface area contributed by atoms with Crippen molar-refractivity contribution in [3.8, 4) is 0 Å². The largest absolute Gasteiger partial charge is 0.465 e. The van der Waals surface area contributed by atoms with Gasteiger partial charge in [-0.2, -0.15) is 0 Å². The maximum Gasteiger partial charge on any atom is 0.328 e. The maximum absolute atomic E-state index is 11.7. The van der Waals surface area contributed by atoms with E-state index in [-0.39, 0.29) is 24.6 Å². The Morgan fingerprint density at radius 1 is 1.15 bits per heavy atom. The third kappa shape index (κ3) is 6.46. The first-order valence-corrected chi connectivity index (χ1v) is 6.63. The van der Waals surface area contributed by atoms with Crippen molar-refractivity contribution in [2.24, 2.45) is 11.7 Å². The fourth-order valence-electron chi connectivity index (χ4n) is 1.51. The molecule has 0 saturated heterocycles. The Balaban J connectivity index is 4.97. The van der Waals surface area contributed by atoms with Gasteiger partial charge in [0.2, 0.25) is 5.91 Å². The molecule has 2 unspecified atom stereocenters. The average Bonchev–Trinajstić information content (AvgIpc) is 2.33. The first-order chi connectivity index (χ1) is 9.33. The standard InChI is InChI=1S/C12H20N2O5S/c1-4-18-11(16)8(10(13)20)6-9(14-7(3)15)12(17)19-5-2/h8-9H,4-6H2,1-3H3,(H2,13,20)(H,14,15). The molecular weight excluding hydrogens is 284 g/mol. The molecule has 7 nitrogen and oxygen atoms in total. The molecule has 8 heteroatoms. The Bertz CT molecular complexity index is 386. The molecule has 0 aliphatic heterocycles. The van der Waals surface area contributed by atoms with Crippen molar-refractivity contribution in [2.75, 3.05) is 13.2 Å². The number of esters is 2. The molecule has 3 N–H and O–H groups in total. The summed E-state index contributed by atoms with van der Waals surface area (Å²) in [5.41, 5.74) is 5.49. The molecule has 20 heavy (non-hydrogen) atoms. The van der Waals surface area contributed by atoms with Crippen molar-refractivity contribution in [3.05, 3.63) is 0 Å². The highest BCUT2D eigenvalue weighted by molar-refractivity contribution is 7.80. The van der Waals surface area contributed by atoms with Gasteiger partial charge in [-0.05, 0) is 20.3 Å². The van der Waals surface area contributed by atoms with Gasteiger partial charge in [-0.15, -0.1) is 0 Å². The lowest BCUT2D eigenvalue weighted by molar-refractivity contribution is -0.149. The number of hydrogen-bond donors (Lipinski definition) is 2. The minimum absolute atomic E-state index is 0.0907. The van der Waals surface area contributed by atoms with Crippen LogP contribution in [0.2, 0.25) is 0 Å². The normalized spacial score (nSPS) is 12.9. The van der Waals surface area contributed by atoms with Crippen molar-refractivity contribution in [1.29, 1.82) is 0 Å². The van der Waals surface area contributed by atoms with Crippen LogP contribution in [0.25, 0.3) is 0 Å². The highest BCUT2D eigenvalue weighted by Crippen LogP contribution is 2.12. The second kappa shape index (κ2) is 9.24. The fourth-order valence-corrected chi connectivity index (χ4v) is 1.70. The molecule has 0 radical (unpaired) electrons. The minimum Gasteiger partial charge on any atom is -0.465 e. The summed E-state index contributed by atoms with van der Waals surface area (Å²) in [6.45, 7) is 4.87. The molecule has 0 aromatic rings. The maximum atomic E-state index is 11.7. The second-order valence-corrected chi connectivity index (χ2v) is 4.42. The van der Waals surface area contributed by atoms with E-state index < -0.39 is 29.8 Å². The molecule has 114 valence electrons. The molecule has 0 rings (SSSR count). The van der Waals surface area contributed by atoms with E-state index in [1.807, 2.05) is 0 Å². The summed E-state index contributed by atoms with van der Waals surface area (Å²) in [5.74, 6) is -2.65. The highest BCUT2D eigenvalue weighted by atomic mass is 32.1. The van der Waals surface area contributed by atoms with Crippen molar-refractivity contribution >= 4 is 35.1 Å². The third-order valence-electron chi connectivity index (χ3n) is 2.33. The Kier molecular flexibility index (Phi) is 8.46. The summed E-state index contributed by atoms with van der Waals surface area (Å²) in [4.78, 5) is 34.5. The third-order valence-corrected chi connectivity index (χ3v) is 2.62. The van der Waals surface area contributed by atoms with E-state index in [2.05, 4.69) is 5.32 Å². The summed E-state index contributed by atoms with van der Waals surface area (Å²) in [5, 5.41) is 2.41. The van der Waals surface area contributed by atoms with Crippen LogP contribution in [0.1, 0.15) is 27.2 Å². The molecule has 0 saturated carbocycles. The van der Waals surface area contributed by atoms with Crippen LogP contribution in [-0.2, 0) is 23.9 Å². The Hall–Kier alpha value is -1.70. The van der Waals surface area contributed by atoms with Crippen molar-refractivity contribution in [3.63, 3.8) is 0 Å². The molecule has 2 atom stereocenters. The van der Waals surface area contributed by atoms with E-state index in [4.69, 9.17) is 27.4 Å². The summed E-state index contributed by atoms with van der Waals surface area (Å²) in [6, 6.07) is -0.997. The summed E-state index contributed by atoms with van der Waals surface area (Å²) in [6.07, 6.45) is -0.0907. The van der Waals surface area contributed by atoms with E-state index in [0.717, 1.165) is 0 Å². The van der Waals surface area contributed by atoms with E-state index >= 15 is 0 Å².